The van der Waals surface area contributed by atoms with Crippen LogP contribution in [0.2, 0.25) is 0 Å². The summed E-state index contributed by atoms with van der Waals surface area (Å²) in [5.41, 5.74) is 3.18. The molecule has 1 saturated heterocycles. The number of ketones is 1. The molecule has 2 aliphatic rings. The van der Waals surface area contributed by atoms with Crippen molar-refractivity contribution >= 4 is 23.0 Å². The molecular weight excluding hydrogens is 358 g/mol. The van der Waals surface area contributed by atoms with Crippen LogP contribution in [0, 0.1) is 13.8 Å². The van der Waals surface area contributed by atoms with Gasteiger partial charge in [0.2, 0.25) is 5.91 Å². The van der Waals surface area contributed by atoms with E-state index in [1.807, 2.05) is 22.4 Å². The lowest BCUT2D eigenvalue weighted by Gasteiger charge is -2.34. The highest BCUT2D eigenvalue weighted by atomic mass is 32.1. The van der Waals surface area contributed by atoms with E-state index in [1.54, 1.807) is 11.3 Å². The molecule has 0 spiro atoms. The van der Waals surface area contributed by atoms with Crippen molar-refractivity contribution < 1.29 is 9.59 Å². The molecule has 0 bridgehead atoms. The zero-order chi connectivity index (χ0) is 19.0. The van der Waals surface area contributed by atoms with E-state index in [0.717, 1.165) is 29.2 Å². The molecule has 1 aliphatic heterocycles. The normalized spacial score (nSPS) is 18.1. The maximum Gasteiger partial charge on any atom is 0.227 e. The summed E-state index contributed by atoms with van der Waals surface area (Å²) in [7, 11) is 0. The van der Waals surface area contributed by atoms with Gasteiger partial charge >= 0.3 is 0 Å². The zero-order valence-corrected chi connectivity index (χ0v) is 16.9. The second-order valence-electron chi connectivity index (χ2n) is 7.72. The fourth-order valence-corrected chi connectivity index (χ4v) is 4.77. The number of hydrogen-bond acceptors (Lipinski definition) is 4. The Labute approximate surface area is 164 Å². The van der Waals surface area contributed by atoms with Crippen LogP contribution in [0.5, 0.6) is 0 Å². The first kappa shape index (κ1) is 18.4. The largest absolute Gasteiger partial charge is 0.345 e. The number of amides is 1. The first-order chi connectivity index (χ1) is 13.0. The number of hydrogen-bond donors (Lipinski definition) is 0. The number of aromatic nitrogens is 1. The highest BCUT2D eigenvalue weighted by molar-refractivity contribution is 7.10. The van der Waals surface area contributed by atoms with Crippen LogP contribution in [0.15, 0.2) is 23.6 Å². The highest BCUT2D eigenvalue weighted by Gasteiger charge is 2.29. The van der Waals surface area contributed by atoms with Crippen molar-refractivity contribution in [3.05, 3.63) is 45.4 Å². The molecule has 1 saturated carbocycles. The number of Topliss-reactive ketones (excluding diaryl/α,β-unsaturated/α-hetero) is 1. The molecule has 2 aromatic rings. The van der Waals surface area contributed by atoms with Gasteiger partial charge in [0.05, 0.1) is 13.0 Å². The van der Waals surface area contributed by atoms with Crippen LogP contribution in [0.4, 0.5) is 0 Å². The Morgan fingerprint density at radius 3 is 2.52 bits per heavy atom. The summed E-state index contributed by atoms with van der Waals surface area (Å²) < 4.78 is 2.33. The van der Waals surface area contributed by atoms with Crippen LogP contribution < -0.4 is 0 Å². The van der Waals surface area contributed by atoms with Gasteiger partial charge in [-0.2, -0.15) is 0 Å². The van der Waals surface area contributed by atoms with Gasteiger partial charge < -0.3 is 9.47 Å². The van der Waals surface area contributed by atoms with Crippen LogP contribution in [0.25, 0.3) is 0 Å². The van der Waals surface area contributed by atoms with Gasteiger partial charge in [-0.15, -0.1) is 11.3 Å². The minimum atomic E-state index is 0.191. The SMILES string of the molecule is Cc1cc(C(=O)CN2CCN(C(=O)Cc3cccs3)CC2)c(C)n1C1CC1. The monoisotopic (exact) mass is 385 g/mol. The van der Waals surface area contributed by atoms with Gasteiger partial charge in [0.25, 0.3) is 0 Å². The van der Waals surface area contributed by atoms with Crippen molar-refractivity contribution in [1.29, 1.82) is 0 Å². The maximum atomic E-state index is 12.8. The van der Waals surface area contributed by atoms with E-state index in [2.05, 4.69) is 29.4 Å². The van der Waals surface area contributed by atoms with Crippen LogP contribution in [0.3, 0.4) is 0 Å². The molecule has 5 nitrogen and oxygen atoms in total. The molecule has 144 valence electrons. The number of carbonyl (C=O) groups excluding carboxylic acids is 2. The summed E-state index contributed by atoms with van der Waals surface area (Å²) in [5, 5.41) is 2.01. The smallest absolute Gasteiger partial charge is 0.227 e. The van der Waals surface area contributed by atoms with Crippen LogP contribution in [-0.2, 0) is 11.2 Å². The summed E-state index contributed by atoms with van der Waals surface area (Å²) in [6, 6.07) is 6.65. The first-order valence-corrected chi connectivity index (χ1v) is 10.6. The lowest BCUT2D eigenvalue weighted by molar-refractivity contribution is -0.132. The lowest BCUT2D eigenvalue weighted by Crippen LogP contribution is -2.50. The molecule has 0 N–H and O–H groups in total. The van der Waals surface area contributed by atoms with Crippen molar-refractivity contribution in [3.8, 4) is 0 Å². The standard InChI is InChI=1S/C21H27N3O2S/c1-15-12-19(16(2)24(15)17-5-6-17)20(25)14-22-7-9-23(10-8-22)21(26)13-18-4-3-11-27-18/h3-4,11-12,17H,5-10,13-14H2,1-2H3. The summed E-state index contributed by atoms with van der Waals surface area (Å²) in [5.74, 6) is 0.393. The number of nitrogens with zero attached hydrogens (tertiary/aromatic N) is 3. The average molecular weight is 386 g/mol. The molecule has 6 heteroatoms. The van der Waals surface area contributed by atoms with Gasteiger partial charge in [-0.1, -0.05) is 6.07 Å². The minimum Gasteiger partial charge on any atom is -0.345 e. The molecule has 2 fully saturated rings. The number of piperazine rings is 1. The summed E-state index contributed by atoms with van der Waals surface area (Å²) in [6.07, 6.45) is 2.95. The Morgan fingerprint density at radius 2 is 1.89 bits per heavy atom. The molecular formula is C21H27N3O2S. The van der Waals surface area contributed by atoms with E-state index in [-0.39, 0.29) is 11.7 Å². The molecule has 2 aromatic heterocycles. The second-order valence-corrected chi connectivity index (χ2v) is 8.75. The highest BCUT2D eigenvalue weighted by Crippen LogP contribution is 2.38. The molecule has 0 atom stereocenters. The Kier molecular flexibility index (Phi) is 5.19. The molecule has 27 heavy (non-hydrogen) atoms. The molecule has 3 heterocycles. The maximum absolute atomic E-state index is 12.8. The van der Waals surface area contributed by atoms with E-state index in [1.165, 1.54) is 18.5 Å². The van der Waals surface area contributed by atoms with Gasteiger partial charge in [-0.05, 0) is 44.2 Å². The van der Waals surface area contributed by atoms with Crippen LogP contribution >= 0.6 is 11.3 Å². The average Bonchev–Trinajstić information content (AvgIpc) is 3.25. The van der Waals surface area contributed by atoms with Crippen LogP contribution in [-0.4, -0.2) is 58.8 Å². The minimum absolute atomic E-state index is 0.191. The predicted octanol–water partition coefficient (Wildman–Crippen LogP) is 3.07. The van der Waals surface area contributed by atoms with Crippen molar-refractivity contribution in [3.63, 3.8) is 0 Å². The Morgan fingerprint density at radius 1 is 1.15 bits per heavy atom. The first-order valence-electron chi connectivity index (χ1n) is 9.77. The van der Waals surface area contributed by atoms with Crippen molar-refractivity contribution in [2.45, 2.75) is 39.2 Å². The van der Waals surface area contributed by atoms with Gasteiger partial charge in [-0.25, -0.2) is 0 Å². The van der Waals surface area contributed by atoms with E-state index in [9.17, 15) is 9.59 Å². The van der Waals surface area contributed by atoms with E-state index in [4.69, 9.17) is 0 Å². The Bertz CT molecular complexity index is 828. The van der Waals surface area contributed by atoms with Crippen molar-refractivity contribution in [2.24, 2.45) is 0 Å². The molecule has 0 unspecified atom stereocenters. The quantitative estimate of drug-likeness (QED) is 0.718. The van der Waals surface area contributed by atoms with Gasteiger partial charge in [-0.3, -0.25) is 14.5 Å². The van der Waals surface area contributed by atoms with Gasteiger partial charge in [0.1, 0.15) is 0 Å². The number of carbonyl (C=O) groups is 2. The summed E-state index contributed by atoms with van der Waals surface area (Å²) in [4.78, 5) is 30.5. The Hall–Kier alpha value is -1.92. The van der Waals surface area contributed by atoms with Crippen LogP contribution in [0.1, 0.15) is 45.5 Å². The van der Waals surface area contributed by atoms with Crippen molar-refractivity contribution in [1.82, 2.24) is 14.4 Å². The number of aryl methyl sites for hydroxylation is 1. The molecule has 0 aromatic carbocycles. The van der Waals surface area contributed by atoms with Crippen molar-refractivity contribution in [2.75, 3.05) is 32.7 Å². The number of rotatable bonds is 6. The van der Waals surface area contributed by atoms with Gasteiger partial charge in [0.15, 0.2) is 5.78 Å². The third-order valence-electron chi connectivity index (χ3n) is 5.69. The zero-order valence-electron chi connectivity index (χ0n) is 16.1. The van der Waals surface area contributed by atoms with Gasteiger partial charge in [0, 0.05) is 54.0 Å². The Balaban J connectivity index is 1.31. The molecule has 4 rings (SSSR count). The summed E-state index contributed by atoms with van der Waals surface area (Å²) in [6.45, 7) is 7.56. The predicted molar refractivity (Wildman–Crippen MR) is 108 cm³/mol. The molecule has 1 aliphatic carbocycles. The second kappa shape index (κ2) is 7.60. The molecule has 0 radical (unpaired) electrons. The summed E-state index contributed by atoms with van der Waals surface area (Å²) >= 11 is 1.63. The van der Waals surface area contributed by atoms with E-state index < -0.39 is 0 Å². The lowest BCUT2D eigenvalue weighted by atomic mass is 10.1. The third kappa shape index (κ3) is 4.01. The number of thiophene rings is 1. The van der Waals surface area contributed by atoms with E-state index in [0.29, 0.717) is 32.1 Å². The molecule has 1 amide bonds. The van der Waals surface area contributed by atoms with E-state index >= 15 is 0 Å². The fraction of sp³-hybridized carbons (Fsp3) is 0.524. The fourth-order valence-electron chi connectivity index (χ4n) is 4.07. The third-order valence-corrected chi connectivity index (χ3v) is 6.57. The topological polar surface area (TPSA) is 45.6 Å².